The Hall–Kier alpha value is -1.12. The molecule has 2 heteroatoms. The molecule has 1 atom stereocenters. The van der Waals surface area contributed by atoms with E-state index in [1.54, 1.807) is 0 Å². The van der Waals surface area contributed by atoms with E-state index < -0.39 is 0 Å². The molecule has 0 aromatic heterocycles. The van der Waals surface area contributed by atoms with Crippen LogP contribution in [0.25, 0.3) is 0 Å². The molecule has 2 N–H and O–H groups in total. The number of rotatable bonds is 4. The minimum atomic E-state index is 0.159. The summed E-state index contributed by atoms with van der Waals surface area (Å²) in [6.45, 7) is 2.10. The van der Waals surface area contributed by atoms with Crippen molar-refractivity contribution in [2.24, 2.45) is 5.73 Å². The summed E-state index contributed by atoms with van der Waals surface area (Å²) in [5.41, 5.74) is 10.1. The molecule has 18 heavy (non-hydrogen) atoms. The highest BCUT2D eigenvalue weighted by atomic mass is 79.9. The summed E-state index contributed by atoms with van der Waals surface area (Å²) in [7, 11) is 0. The number of halogens is 1. The minimum Gasteiger partial charge on any atom is -0.327 e. The van der Waals surface area contributed by atoms with Crippen LogP contribution in [0, 0.1) is 6.92 Å². The highest BCUT2D eigenvalue weighted by Crippen LogP contribution is 2.20. The molecule has 0 aliphatic carbocycles. The van der Waals surface area contributed by atoms with Crippen LogP contribution in [0.3, 0.4) is 0 Å². The molecule has 0 heterocycles. The molecule has 0 spiro atoms. The predicted octanol–water partition coefficient (Wildman–Crippen LogP) is 3.87. The molecule has 0 amide bonds. The Morgan fingerprint density at radius 3 is 2.44 bits per heavy atom. The van der Waals surface area contributed by atoms with Crippen LogP contribution in [0.5, 0.6) is 0 Å². The van der Waals surface area contributed by atoms with Gasteiger partial charge in [0.05, 0.1) is 0 Å². The monoisotopic (exact) mass is 303 g/mol. The van der Waals surface area contributed by atoms with E-state index in [4.69, 9.17) is 5.73 Å². The number of benzene rings is 2. The maximum atomic E-state index is 6.22. The smallest absolute Gasteiger partial charge is 0.0210 e. The van der Waals surface area contributed by atoms with E-state index >= 15 is 0 Å². The van der Waals surface area contributed by atoms with Gasteiger partial charge in [-0.1, -0.05) is 58.4 Å². The molecular formula is C16H18BrN. The molecule has 2 aromatic carbocycles. The van der Waals surface area contributed by atoms with Gasteiger partial charge in [0.25, 0.3) is 0 Å². The molecule has 0 aliphatic rings. The molecule has 0 radical (unpaired) electrons. The highest BCUT2D eigenvalue weighted by molar-refractivity contribution is 9.10. The quantitative estimate of drug-likeness (QED) is 0.911. The summed E-state index contributed by atoms with van der Waals surface area (Å²) < 4.78 is 1.16. The molecule has 0 aliphatic heterocycles. The van der Waals surface area contributed by atoms with Gasteiger partial charge in [-0.25, -0.2) is 0 Å². The van der Waals surface area contributed by atoms with Gasteiger partial charge in [-0.2, -0.15) is 0 Å². The van der Waals surface area contributed by atoms with Crippen molar-refractivity contribution >= 4 is 15.9 Å². The van der Waals surface area contributed by atoms with Crippen molar-refractivity contribution < 1.29 is 0 Å². The third kappa shape index (κ3) is 3.69. The highest BCUT2D eigenvalue weighted by Gasteiger charge is 2.08. The molecule has 1 unspecified atom stereocenters. The van der Waals surface area contributed by atoms with Crippen LogP contribution < -0.4 is 5.73 Å². The minimum absolute atomic E-state index is 0.159. The lowest BCUT2D eigenvalue weighted by atomic mass is 9.99. The van der Waals surface area contributed by atoms with Crippen molar-refractivity contribution in [3.63, 3.8) is 0 Å². The van der Waals surface area contributed by atoms with Gasteiger partial charge in [0.2, 0.25) is 0 Å². The topological polar surface area (TPSA) is 26.0 Å². The summed E-state index contributed by atoms with van der Waals surface area (Å²) >= 11 is 3.61. The maximum absolute atomic E-state index is 6.22. The van der Waals surface area contributed by atoms with Crippen molar-refractivity contribution in [3.8, 4) is 0 Å². The number of aryl methyl sites for hydroxylation is 1. The van der Waals surface area contributed by atoms with E-state index in [1.807, 2.05) is 6.07 Å². The van der Waals surface area contributed by atoms with E-state index in [9.17, 15) is 0 Å². The second kappa shape index (κ2) is 6.17. The maximum Gasteiger partial charge on any atom is 0.0210 e. The van der Waals surface area contributed by atoms with Crippen molar-refractivity contribution in [3.05, 3.63) is 69.7 Å². The van der Waals surface area contributed by atoms with Crippen molar-refractivity contribution in [2.45, 2.75) is 25.8 Å². The van der Waals surface area contributed by atoms with E-state index in [0.717, 1.165) is 17.3 Å². The van der Waals surface area contributed by atoms with Crippen LogP contribution in [-0.2, 0) is 12.8 Å². The van der Waals surface area contributed by atoms with Gasteiger partial charge in [0.1, 0.15) is 0 Å². The fourth-order valence-electron chi connectivity index (χ4n) is 2.09. The first kappa shape index (κ1) is 13.3. The van der Waals surface area contributed by atoms with Crippen LogP contribution in [0.15, 0.2) is 53.0 Å². The zero-order chi connectivity index (χ0) is 13.0. The van der Waals surface area contributed by atoms with Gasteiger partial charge in [-0.15, -0.1) is 0 Å². The number of hydrogen-bond donors (Lipinski definition) is 1. The third-order valence-corrected chi connectivity index (χ3v) is 3.77. The second-order valence-electron chi connectivity index (χ2n) is 4.75. The average Bonchev–Trinajstić information content (AvgIpc) is 2.34. The zero-order valence-corrected chi connectivity index (χ0v) is 12.2. The normalized spacial score (nSPS) is 12.4. The van der Waals surface area contributed by atoms with Gasteiger partial charge in [0.15, 0.2) is 0 Å². The summed E-state index contributed by atoms with van der Waals surface area (Å²) in [5.74, 6) is 0. The SMILES string of the molecule is Cc1ccc(CC(N)Cc2ccccc2)c(Br)c1. The first-order valence-electron chi connectivity index (χ1n) is 6.19. The first-order valence-corrected chi connectivity index (χ1v) is 6.99. The van der Waals surface area contributed by atoms with Crippen LogP contribution in [0.2, 0.25) is 0 Å². The van der Waals surface area contributed by atoms with Crippen LogP contribution in [-0.4, -0.2) is 6.04 Å². The second-order valence-corrected chi connectivity index (χ2v) is 5.60. The molecular weight excluding hydrogens is 286 g/mol. The Morgan fingerprint density at radius 2 is 1.78 bits per heavy atom. The first-order chi connectivity index (χ1) is 8.65. The summed E-state index contributed by atoms with van der Waals surface area (Å²) in [6.07, 6.45) is 1.82. The van der Waals surface area contributed by atoms with E-state index in [-0.39, 0.29) is 6.04 Å². The summed E-state index contributed by atoms with van der Waals surface area (Å²) in [5, 5.41) is 0. The van der Waals surface area contributed by atoms with Gasteiger partial charge in [-0.3, -0.25) is 0 Å². The lowest BCUT2D eigenvalue weighted by molar-refractivity contribution is 0.663. The number of hydrogen-bond acceptors (Lipinski definition) is 1. The molecule has 2 rings (SSSR count). The lowest BCUT2D eigenvalue weighted by Crippen LogP contribution is -2.25. The number of nitrogens with two attached hydrogens (primary N) is 1. The predicted molar refractivity (Wildman–Crippen MR) is 80.7 cm³/mol. The van der Waals surface area contributed by atoms with E-state index in [1.165, 1.54) is 16.7 Å². The van der Waals surface area contributed by atoms with E-state index in [2.05, 4.69) is 65.3 Å². The molecule has 0 fully saturated rings. The van der Waals surface area contributed by atoms with Crippen LogP contribution >= 0.6 is 15.9 Å². The largest absolute Gasteiger partial charge is 0.327 e. The Labute approximate surface area is 117 Å². The molecule has 2 aromatic rings. The third-order valence-electron chi connectivity index (χ3n) is 3.03. The van der Waals surface area contributed by atoms with Crippen molar-refractivity contribution in [1.82, 2.24) is 0 Å². The fraction of sp³-hybridized carbons (Fsp3) is 0.250. The van der Waals surface area contributed by atoms with E-state index in [0.29, 0.717) is 0 Å². The van der Waals surface area contributed by atoms with Crippen LogP contribution in [0.1, 0.15) is 16.7 Å². The van der Waals surface area contributed by atoms with Crippen molar-refractivity contribution in [1.29, 1.82) is 0 Å². The van der Waals surface area contributed by atoms with Crippen LogP contribution in [0.4, 0.5) is 0 Å². The average molecular weight is 304 g/mol. The van der Waals surface area contributed by atoms with Gasteiger partial charge >= 0.3 is 0 Å². The molecule has 0 saturated heterocycles. The summed E-state index contributed by atoms with van der Waals surface area (Å²) in [6, 6.07) is 17.0. The molecule has 0 bridgehead atoms. The van der Waals surface area contributed by atoms with Gasteiger partial charge in [-0.05, 0) is 42.5 Å². The molecule has 1 nitrogen and oxygen atoms in total. The fourth-order valence-corrected chi connectivity index (χ4v) is 2.74. The Morgan fingerprint density at radius 1 is 1.06 bits per heavy atom. The Kier molecular flexibility index (Phi) is 4.56. The molecule has 0 saturated carbocycles. The Balaban J connectivity index is 2.01. The van der Waals surface area contributed by atoms with Gasteiger partial charge in [0, 0.05) is 10.5 Å². The Bertz CT molecular complexity index is 508. The van der Waals surface area contributed by atoms with Gasteiger partial charge < -0.3 is 5.73 Å². The lowest BCUT2D eigenvalue weighted by Gasteiger charge is -2.13. The zero-order valence-electron chi connectivity index (χ0n) is 10.6. The molecule has 94 valence electrons. The summed E-state index contributed by atoms with van der Waals surface area (Å²) in [4.78, 5) is 0. The van der Waals surface area contributed by atoms with Crippen molar-refractivity contribution in [2.75, 3.05) is 0 Å². The standard InChI is InChI=1S/C16H18BrN/c1-12-7-8-14(16(17)9-12)11-15(18)10-13-5-3-2-4-6-13/h2-9,15H,10-11,18H2,1H3.